The van der Waals surface area contributed by atoms with Crippen molar-refractivity contribution in [2.45, 2.75) is 13.5 Å². The molecule has 4 N–H and O–H groups in total. The summed E-state index contributed by atoms with van der Waals surface area (Å²) in [6.45, 7) is 2.83. The van der Waals surface area contributed by atoms with Crippen LogP contribution >= 0.6 is 0 Å². The van der Waals surface area contributed by atoms with E-state index in [1.807, 2.05) is 31.2 Å². The second-order valence-electron chi connectivity index (χ2n) is 4.42. The number of anilines is 1. The molecular weight excluding hydrogens is 240 g/mol. The molecule has 0 saturated carbocycles. The van der Waals surface area contributed by atoms with Gasteiger partial charge in [0.15, 0.2) is 0 Å². The number of fused-ring (bicyclic) bond motifs is 3. The lowest BCUT2D eigenvalue weighted by Crippen LogP contribution is -2.13. The molecule has 5 heteroatoms. The maximum atomic E-state index is 11.3. The van der Waals surface area contributed by atoms with Crippen LogP contribution in [0.2, 0.25) is 0 Å². The van der Waals surface area contributed by atoms with E-state index in [0.29, 0.717) is 5.69 Å². The summed E-state index contributed by atoms with van der Waals surface area (Å²) in [4.78, 5) is 15.7. The maximum Gasteiger partial charge on any atom is 0.267 e. The van der Waals surface area contributed by atoms with Crippen molar-refractivity contribution in [3.8, 4) is 0 Å². The number of nitrogen functional groups attached to an aromatic ring is 1. The molecular formula is C14H14N4O. The molecule has 2 heterocycles. The Kier molecular flexibility index (Phi) is 2.41. The highest BCUT2D eigenvalue weighted by Crippen LogP contribution is 2.31. The number of nitrogens with two attached hydrogens (primary N) is 2. The summed E-state index contributed by atoms with van der Waals surface area (Å²) in [5.41, 5.74) is 14.7. The SMILES string of the molecule is CCn1c2ccccc2c2nc(C(N)=O)cc(N)c21. The van der Waals surface area contributed by atoms with Gasteiger partial charge in [0, 0.05) is 11.9 Å². The Bertz CT molecular complexity index is 804. The molecule has 0 aliphatic carbocycles. The quantitative estimate of drug-likeness (QED) is 0.732. The van der Waals surface area contributed by atoms with E-state index < -0.39 is 5.91 Å². The Morgan fingerprint density at radius 2 is 2.11 bits per heavy atom. The molecule has 0 atom stereocenters. The predicted molar refractivity (Wildman–Crippen MR) is 75.8 cm³/mol. The molecule has 96 valence electrons. The molecule has 0 aliphatic heterocycles. The van der Waals surface area contributed by atoms with Crippen LogP contribution in [0.1, 0.15) is 17.4 Å². The fourth-order valence-corrected chi connectivity index (χ4v) is 2.51. The van der Waals surface area contributed by atoms with Gasteiger partial charge in [-0.2, -0.15) is 0 Å². The number of amides is 1. The van der Waals surface area contributed by atoms with Gasteiger partial charge in [0.2, 0.25) is 0 Å². The lowest BCUT2D eigenvalue weighted by Gasteiger charge is -2.05. The zero-order valence-corrected chi connectivity index (χ0v) is 10.6. The van der Waals surface area contributed by atoms with Crippen LogP contribution in [0.3, 0.4) is 0 Å². The summed E-state index contributed by atoms with van der Waals surface area (Å²) in [6, 6.07) is 9.44. The third-order valence-corrected chi connectivity index (χ3v) is 3.31. The average Bonchev–Trinajstić information content (AvgIpc) is 2.73. The van der Waals surface area contributed by atoms with Crippen LogP contribution in [-0.2, 0) is 6.54 Å². The van der Waals surface area contributed by atoms with Gasteiger partial charge in [-0.1, -0.05) is 18.2 Å². The number of carbonyl (C=O) groups is 1. The smallest absolute Gasteiger partial charge is 0.267 e. The Morgan fingerprint density at radius 1 is 1.37 bits per heavy atom. The first-order valence-corrected chi connectivity index (χ1v) is 6.10. The monoisotopic (exact) mass is 254 g/mol. The van der Waals surface area contributed by atoms with Crippen molar-refractivity contribution in [2.24, 2.45) is 5.73 Å². The number of aryl methyl sites for hydroxylation is 1. The number of para-hydroxylation sites is 1. The van der Waals surface area contributed by atoms with Gasteiger partial charge < -0.3 is 16.0 Å². The third kappa shape index (κ3) is 1.55. The lowest BCUT2D eigenvalue weighted by atomic mass is 10.2. The summed E-state index contributed by atoms with van der Waals surface area (Å²) in [6.07, 6.45) is 0. The number of hydrogen-bond acceptors (Lipinski definition) is 3. The van der Waals surface area contributed by atoms with Gasteiger partial charge in [-0.3, -0.25) is 4.79 Å². The van der Waals surface area contributed by atoms with E-state index in [4.69, 9.17) is 11.5 Å². The molecule has 5 nitrogen and oxygen atoms in total. The van der Waals surface area contributed by atoms with Gasteiger partial charge in [-0.25, -0.2) is 4.98 Å². The topological polar surface area (TPSA) is 86.9 Å². The van der Waals surface area contributed by atoms with Crippen LogP contribution < -0.4 is 11.5 Å². The Hall–Kier alpha value is -2.56. The molecule has 19 heavy (non-hydrogen) atoms. The van der Waals surface area contributed by atoms with E-state index in [-0.39, 0.29) is 5.69 Å². The fraction of sp³-hybridized carbons (Fsp3) is 0.143. The van der Waals surface area contributed by atoms with Crippen LogP contribution in [0, 0.1) is 0 Å². The highest BCUT2D eigenvalue weighted by atomic mass is 16.1. The summed E-state index contributed by atoms with van der Waals surface area (Å²) in [5, 5.41) is 0.981. The molecule has 0 spiro atoms. The minimum absolute atomic E-state index is 0.198. The molecule has 0 saturated heterocycles. The van der Waals surface area contributed by atoms with Gasteiger partial charge in [-0.05, 0) is 19.1 Å². The minimum Gasteiger partial charge on any atom is -0.397 e. The van der Waals surface area contributed by atoms with Crippen LogP contribution in [0.25, 0.3) is 21.9 Å². The first-order chi connectivity index (χ1) is 9.13. The second kappa shape index (κ2) is 3.98. The van der Waals surface area contributed by atoms with Gasteiger partial charge in [0.1, 0.15) is 5.69 Å². The first kappa shape index (κ1) is 11.5. The molecule has 2 aromatic heterocycles. The Balaban J connectivity index is 2.55. The first-order valence-electron chi connectivity index (χ1n) is 6.10. The summed E-state index contributed by atoms with van der Waals surface area (Å²) in [5.74, 6) is -0.568. The molecule has 0 bridgehead atoms. The number of hydrogen-bond donors (Lipinski definition) is 2. The van der Waals surface area contributed by atoms with Crippen molar-refractivity contribution >= 4 is 33.5 Å². The fourth-order valence-electron chi connectivity index (χ4n) is 2.51. The molecule has 0 aliphatic rings. The standard InChI is InChI=1S/C14H14N4O/c1-2-18-11-6-4-3-5-8(11)12-13(18)9(15)7-10(17-12)14(16)19/h3-7H,2H2,1H3,(H2,15,17)(H2,16,19). The van der Waals surface area contributed by atoms with Gasteiger partial charge >= 0.3 is 0 Å². The number of aromatic nitrogens is 2. The van der Waals surface area contributed by atoms with Crippen LogP contribution in [0.15, 0.2) is 30.3 Å². The van der Waals surface area contributed by atoms with E-state index in [2.05, 4.69) is 9.55 Å². The number of rotatable bonds is 2. The Morgan fingerprint density at radius 3 is 2.79 bits per heavy atom. The molecule has 0 unspecified atom stereocenters. The van der Waals surface area contributed by atoms with Crippen molar-refractivity contribution < 1.29 is 4.79 Å². The van der Waals surface area contributed by atoms with Crippen molar-refractivity contribution in [2.75, 3.05) is 5.73 Å². The van der Waals surface area contributed by atoms with Crippen LogP contribution in [0.4, 0.5) is 5.69 Å². The summed E-state index contributed by atoms with van der Waals surface area (Å²) >= 11 is 0. The highest BCUT2D eigenvalue weighted by molar-refractivity contribution is 6.11. The largest absolute Gasteiger partial charge is 0.397 e. The molecule has 1 aromatic carbocycles. The van der Waals surface area contributed by atoms with Crippen molar-refractivity contribution in [3.05, 3.63) is 36.0 Å². The van der Waals surface area contributed by atoms with Crippen LogP contribution in [0.5, 0.6) is 0 Å². The molecule has 0 fully saturated rings. The zero-order valence-electron chi connectivity index (χ0n) is 10.6. The number of primary amides is 1. The van der Waals surface area contributed by atoms with Gasteiger partial charge in [0.25, 0.3) is 5.91 Å². The van der Waals surface area contributed by atoms with Gasteiger partial charge in [0.05, 0.1) is 22.2 Å². The van der Waals surface area contributed by atoms with Crippen molar-refractivity contribution in [1.29, 1.82) is 0 Å². The maximum absolute atomic E-state index is 11.3. The van der Waals surface area contributed by atoms with Crippen molar-refractivity contribution in [1.82, 2.24) is 9.55 Å². The lowest BCUT2D eigenvalue weighted by molar-refractivity contribution is 0.0996. The van der Waals surface area contributed by atoms with Crippen LogP contribution in [-0.4, -0.2) is 15.5 Å². The van der Waals surface area contributed by atoms with Gasteiger partial charge in [-0.15, -0.1) is 0 Å². The van der Waals surface area contributed by atoms with E-state index in [9.17, 15) is 4.79 Å². The average molecular weight is 254 g/mol. The van der Waals surface area contributed by atoms with E-state index in [1.165, 1.54) is 6.07 Å². The molecule has 3 rings (SSSR count). The molecule has 3 aromatic rings. The summed E-state index contributed by atoms with van der Waals surface area (Å²) in [7, 11) is 0. The molecule has 1 amide bonds. The van der Waals surface area contributed by atoms with E-state index in [0.717, 1.165) is 28.5 Å². The Labute approximate surface area is 109 Å². The number of carbonyl (C=O) groups excluding carboxylic acids is 1. The molecule has 0 radical (unpaired) electrons. The normalized spacial score (nSPS) is 11.2. The number of pyridine rings is 1. The number of nitrogens with zero attached hydrogens (tertiary/aromatic N) is 2. The summed E-state index contributed by atoms with van der Waals surface area (Å²) < 4.78 is 2.10. The van der Waals surface area contributed by atoms with Crippen molar-refractivity contribution in [3.63, 3.8) is 0 Å². The van der Waals surface area contributed by atoms with E-state index in [1.54, 1.807) is 0 Å². The second-order valence-corrected chi connectivity index (χ2v) is 4.42. The highest BCUT2D eigenvalue weighted by Gasteiger charge is 2.15. The zero-order chi connectivity index (χ0) is 13.6. The minimum atomic E-state index is -0.568. The number of benzene rings is 1. The third-order valence-electron chi connectivity index (χ3n) is 3.31. The van der Waals surface area contributed by atoms with E-state index >= 15 is 0 Å². The predicted octanol–water partition coefficient (Wildman–Crippen LogP) is 1.89.